The number of hydrogen-bond donors (Lipinski definition) is 2. The predicted molar refractivity (Wildman–Crippen MR) is 154 cm³/mol. The number of alkyl halides is 2. The summed E-state index contributed by atoms with van der Waals surface area (Å²) in [5, 5.41) is 7.54. The molecule has 1 aliphatic carbocycles. The van der Waals surface area contributed by atoms with Crippen molar-refractivity contribution in [2.45, 2.75) is 29.5 Å². The first-order valence-electron chi connectivity index (χ1n) is 11.6. The maximum Gasteiger partial charge on any atom is 0.231 e. The zero-order valence-corrected chi connectivity index (χ0v) is 23.9. The van der Waals surface area contributed by atoms with Gasteiger partial charge in [0.2, 0.25) is 5.91 Å². The Morgan fingerprint density at radius 2 is 1.65 bits per heavy atom. The molecule has 1 heterocycles. The van der Waals surface area contributed by atoms with Crippen LogP contribution in [0.4, 0.5) is 17.1 Å². The van der Waals surface area contributed by atoms with Crippen molar-refractivity contribution in [3.8, 4) is 0 Å². The molecule has 2 N–H and O–H groups in total. The lowest BCUT2D eigenvalue weighted by molar-refractivity contribution is -0.117. The van der Waals surface area contributed by atoms with Crippen LogP contribution in [0.5, 0.6) is 0 Å². The minimum absolute atomic E-state index is 0.179. The van der Waals surface area contributed by atoms with Gasteiger partial charge in [0.1, 0.15) is 10.4 Å². The summed E-state index contributed by atoms with van der Waals surface area (Å²) >= 11 is 31.8. The number of hydrogen-bond acceptors (Lipinski definition) is 4. The lowest BCUT2D eigenvalue weighted by Gasteiger charge is -2.20. The van der Waals surface area contributed by atoms with Crippen LogP contribution in [0.15, 0.2) is 54.6 Å². The molecule has 0 radical (unpaired) electrons. The van der Waals surface area contributed by atoms with Gasteiger partial charge in [-0.3, -0.25) is 4.79 Å². The number of nitrogens with one attached hydrogen (secondary N) is 2. The van der Waals surface area contributed by atoms with Gasteiger partial charge in [-0.15, -0.1) is 23.2 Å². The van der Waals surface area contributed by atoms with Crippen LogP contribution < -0.4 is 15.5 Å². The zero-order valence-electron chi connectivity index (χ0n) is 20.2. The van der Waals surface area contributed by atoms with Gasteiger partial charge in [0.15, 0.2) is 6.23 Å². The highest BCUT2D eigenvalue weighted by molar-refractivity contribution is 6.53. The van der Waals surface area contributed by atoms with Crippen LogP contribution in [0.3, 0.4) is 0 Å². The van der Waals surface area contributed by atoms with Crippen molar-refractivity contribution in [3.05, 3.63) is 86.4 Å². The predicted octanol–water partition coefficient (Wildman–Crippen LogP) is 8.06. The van der Waals surface area contributed by atoms with Crippen molar-refractivity contribution in [1.82, 2.24) is 0 Å². The molecule has 1 aliphatic heterocycles. The van der Waals surface area contributed by atoms with Crippen molar-refractivity contribution in [2.24, 2.45) is 5.92 Å². The minimum atomic E-state index is -1.26. The van der Waals surface area contributed by atoms with E-state index in [1.807, 2.05) is 26.2 Å². The Hall–Kier alpha value is -1.86. The second-order valence-electron chi connectivity index (χ2n) is 9.37. The van der Waals surface area contributed by atoms with Crippen LogP contribution in [0.1, 0.15) is 28.7 Å². The third-order valence-corrected chi connectivity index (χ3v) is 8.59. The Kier molecular flexibility index (Phi) is 7.25. The number of anilines is 3. The second kappa shape index (κ2) is 10.0. The van der Waals surface area contributed by atoms with E-state index >= 15 is 0 Å². The van der Waals surface area contributed by atoms with Crippen LogP contribution in [-0.4, -0.2) is 30.6 Å². The average molecular weight is 600 g/mol. The minimum Gasteiger partial charge on any atom is -0.388 e. The van der Waals surface area contributed by atoms with E-state index in [1.165, 1.54) is 0 Å². The molecule has 0 aromatic heterocycles. The summed E-state index contributed by atoms with van der Waals surface area (Å²) < 4.78 is 4.75. The number of rotatable bonds is 7. The molecule has 4 unspecified atom stereocenters. The number of carbonyl (C=O) groups is 1. The second-order valence-corrected chi connectivity index (χ2v) is 12.1. The fraction of sp³-hybridized carbons (Fsp3) is 0.296. The zero-order chi connectivity index (χ0) is 26.6. The van der Waals surface area contributed by atoms with Gasteiger partial charge in [-0.05, 0) is 72.6 Å². The van der Waals surface area contributed by atoms with Crippen molar-refractivity contribution >= 4 is 81.0 Å². The molecule has 0 bridgehead atoms. The van der Waals surface area contributed by atoms with Crippen LogP contribution in [0.2, 0.25) is 15.1 Å². The molecule has 2 aliphatic rings. The summed E-state index contributed by atoms with van der Waals surface area (Å²) in [5.41, 5.74) is 5.32. The van der Waals surface area contributed by atoms with Crippen molar-refractivity contribution < 1.29 is 9.53 Å². The highest BCUT2D eigenvalue weighted by Gasteiger charge is 2.67. The van der Waals surface area contributed by atoms with E-state index in [0.717, 1.165) is 28.1 Å². The molecule has 5 nitrogen and oxygen atoms in total. The van der Waals surface area contributed by atoms with Crippen LogP contribution in [-0.2, 0) is 9.53 Å². The molecule has 5 rings (SSSR count). The van der Waals surface area contributed by atoms with E-state index in [4.69, 9.17) is 62.7 Å². The molecule has 3 aromatic rings. The maximum absolute atomic E-state index is 13.1. The number of amides is 1. The number of aryl methyl sites for hydroxylation is 1. The van der Waals surface area contributed by atoms with Crippen molar-refractivity contribution in [2.75, 3.05) is 29.6 Å². The molecule has 37 heavy (non-hydrogen) atoms. The van der Waals surface area contributed by atoms with E-state index in [2.05, 4.69) is 34.6 Å². The highest BCUT2D eigenvalue weighted by atomic mass is 35.5. The Morgan fingerprint density at radius 1 is 0.973 bits per heavy atom. The Morgan fingerprint density at radius 3 is 2.30 bits per heavy atom. The van der Waals surface area contributed by atoms with Crippen molar-refractivity contribution in [3.63, 3.8) is 0 Å². The summed E-state index contributed by atoms with van der Waals surface area (Å²) in [6, 6.07) is 16.5. The molecule has 1 saturated carbocycles. The Balaban J connectivity index is 1.30. The van der Waals surface area contributed by atoms with E-state index < -0.39 is 16.2 Å². The lowest BCUT2D eigenvalue weighted by Crippen LogP contribution is -2.22. The highest BCUT2D eigenvalue weighted by Crippen LogP contribution is 2.65. The topological polar surface area (TPSA) is 56.9 Å². The molecule has 1 saturated heterocycles. The van der Waals surface area contributed by atoms with Gasteiger partial charge in [0, 0.05) is 57.7 Å². The standard InChI is InChI=1S/C27H24Cl5N3O2/c1-13-8-17(33-2)5-7-21(13)35(3)26-24(37-26)19-12-18(4-6-20(19)30)34-25(36)23-22(27(23,31)32)14-9-15(28)11-16(29)10-14/h4-12,22-24,26,33H,1-3H3,(H,34,36). The molecule has 3 aromatic carbocycles. The van der Waals surface area contributed by atoms with Crippen LogP contribution >= 0.6 is 58.0 Å². The summed E-state index contributed by atoms with van der Waals surface area (Å²) in [6.07, 6.45) is -0.415. The Bertz CT molecular complexity index is 1360. The molecular formula is C27H24Cl5N3O2. The first kappa shape index (κ1) is 26.7. The van der Waals surface area contributed by atoms with Gasteiger partial charge in [0.25, 0.3) is 0 Å². The maximum atomic E-state index is 13.1. The number of carbonyl (C=O) groups excluding carboxylic acids is 1. The van der Waals surface area contributed by atoms with E-state index in [-0.39, 0.29) is 18.2 Å². The molecule has 0 spiro atoms. The van der Waals surface area contributed by atoms with Gasteiger partial charge < -0.3 is 20.3 Å². The SMILES string of the molecule is CNc1ccc(N(C)C2OC2c2cc(NC(=O)C3C(c4cc(Cl)cc(Cl)c4)C3(Cl)Cl)ccc2Cl)c(C)c1. The largest absolute Gasteiger partial charge is 0.388 e. The van der Waals surface area contributed by atoms with Gasteiger partial charge >= 0.3 is 0 Å². The molecule has 10 heteroatoms. The fourth-order valence-corrected chi connectivity index (χ4v) is 6.45. The number of benzene rings is 3. The third-order valence-electron chi connectivity index (χ3n) is 6.87. The quantitative estimate of drug-likeness (QED) is 0.213. The number of epoxide rings is 1. The van der Waals surface area contributed by atoms with E-state index in [0.29, 0.717) is 20.8 Å². The number of nitrogens with zero attached hydrogens (tertiary/aromatic N) is 1. The molecule has 2 fully saturated rings. The number of halogens is 5. The molecule has 1 amide bonds. The summed E-state index contributed by atoms with van der Waals surface area (Å²) in [4.78, 5) is 15.2. The smallest absolute Gasteiger partial charge is 0.231 e. The van der Waals surface area contributed by atoms with Crippen LogP contribution in [0.25, 0.3) is 0 Å². The third kappa shape index (κ3) is 5.23. The average Bonchev–Trinajstić information content (AvgIpc) is 3.73. The van der Waals surface area contributed by atoms with Crippen LogP contribution in [0, 0.1) is 12.8 Å². The number of ether oxygens (including phenoxy) is 1. The van der Waals surface area contributed by atoms with Crippen molar-refractivity contribution in [1.29, 1.82) is 0 Å². The fourth-order valence-electron chi connectivity index (χ4n) is 4.85. The molecule has 4 atom stereocenters. The Labute approximate surface area is 240 Å². The van der Waals surface area contributed by atoms with Gasteiger partial charge in [0.05, 0.1) is 5.92 Å². The first-order valence-corrected chi connectivity index (χ1v) is 13.5. The summed E-state index contributed by atoms with van der Waals surface area (Å²) in [7, 11) is 3.88. The summed E-state index contributed by atoms with van der Waals surface area (Å²) in [5.74, 6) is -1.39. The monoisotopic (exact) mass is 597 g/mol. The number of likely N-dealkylation sites (N-methyl/N-ethyl adjacent to an activating group) is 1. The van der Waals surface area contributed by atoms with Gasteiger partial charge in [-0.2, -0.15) is 0 Å². The van der Waals surface area contributed by atoms with Gasteiger partial charge in [-0.1, -0.05) is 34.8 Å². The van der Waals surface area contributed by atoms with Gasteiger partial charge in [-0.25, -0.2) is 0 Å². The molecule has 194 valence electrons. The first-order chi connectivity index (χ1) is 17.5. The van der Waals surface area contributed by atoms with E-state index in [1.54, 1.807) is 30.3 Å². The summed E-state index contributed by atoms with van der Waals surface area (Å²) in [6.45, 7) is 2.06. The molecular weight excluding hydrogens is 576 g/mol. The van der Waals surface area contributed by atoms with E-state index in [9.17, 15) is 4.79 Å². The lowest BCUT2D eigenvalue weighted by atomic mass is 10.1. The normalized spacial score (nSPS) is 23.4.